The van der Waals surface area contributed by atoms with Crippen LogP contribution in [0.25, 0.3) is 0 Å². The van der Waals surface area contributed by atoms with E-state index < -0.39 is 6.10 Å². The quantitative estimate of drug-likeness (QED) is 0.652. The standard InChI is InChI=1S/C9H17N3O/c1-3-5-10-7-9(13)8-4-6-12(2)11-8/h4,6,9-10,13H,3,5,7H2,1-2H3. The second kappa shape index (κ2) is 4.99. The molecule has 0 spiro atoms. The van der Waals surface area contributed by atoms with Crippen LogP contribution in [0.2, 0.25) is 0 Å². The minimum Gasteiger partial charge on any atom is -0.385 e. The molecule has 1 aromatic heterocycles. The lowest BCUT2D eigenvalue weighted by atomic mass is 10.2. The highest BCUT2D eigenvalue weighted by Crippen LogP contribution is 2.07. The maximum Gasteiger partial charge on any atom is 0.110 e. The van der Waals surface area contributed by atoms with Gasteiger partial charge < -0.3 is 10.4 Å². The molecule has 1 rings (SSSR count). The average molecular weight is 183 g/mol. The molecule has 1 aromatic rings. The summed E-state index contributed by atoms with van der Waals surface area (Å²) in [4.78, 5) is 0. The molecule has 0 saturated carbocycles. The topological polar surface area (TPSA) is 50.1 Å². The highest BCUT2D eigenvalue weighted by atomic mass is 16.3. The Kier molecular flexibility index (Phi) is 3.92. The van der Waals surface area contributed by atoms with Gasteiger partial charge in [-0.25, -0.2) is 0 Å². The molecule has 0 bridgehead atoms. The predicted octanol–water partition coefficient (Wildman–Crippen LogP) is 0.453. The van der Waals surface area contributed by atoms with Gasteiger partial charge in [0.05, 0.1) is 5.69 Å². The molecule has 74 valence electrons. The Morgan fingerprint density at radius 3 is 3.00 bits per heavy atom. The zero-order chi connectivity index (χ0) is 9.68. The number of rotatable bonds is 5. The fraction of sp³-hybridized carbons (Fsp3) is 0.667. The molecular formula is C9H17N3O. The van der Waals surface area contributed by atoms with Gasteiger partial charge in [-0.1, -0.05) is 6.92 Å². The first-order valence-corrected chi connectivity index (χ1v) is 4.62. The minimum absolute atomic E-state index is 0.493. The number of aliphatic hydroxyl groups excluding tert-OH is 1. The van der Waals surface area contributed by atoms with Crippen LogP contribution in [0, 0.1) is 0 Å². The third-order valence-corrected chi connectivity index (χ3v) is 1.84. The maximum absolute atomic E-state index is 9.62. The van der Waals surface area contributed by atoms with Gasteiger partial charge in [-0.15, -0.1) is 0 Å². The van der Waals surface area contributed by atoms with Crippen LogP contribution in [0.15, 0.2) is 12.3 Å². The van der Waals surface area contributed by atoms with Crippen LogP contribution in [-0.4, -0.2) is 28.0 Å². The summed E-state index contributed by atoms with van der Waals surface area (Å²) in [5, 5.41) is 16.9. The molecule has 2 N–H and O–H groups in total. The zero-order valence-corrected chi connectivity index (χ0v) is 8.20. The molecule has 0 aliphatic carbocycles. The highest BCUT2D eigenvalue weighted by molar-refractivity contribution is 5.02. The van der Waals surface area contributed by atoms with E-state index in [1.807, 2.05) is 19.3 Å². The molecule has 1 unspecified atom stereocenters. The molecule has 1 atom stereocenters. The third kappa shape index (κ3) is 3.16. The summed E-state index contributed by atoms with van der Waals surface area (Å²) in [6.07, 6.45) is 2.42. The summed E-state index contributed by atoms with van der Waals surface area (Å²) in [6, 6.07) is 1.83. The molecule has 0 radical (unpaired) electrons. The van der Waals surface area contributed by atoms with Crippen molar-refractivity contribution in [3.8, 4) is 0 Å². The smallest absolute Gasteiger partial charge is 0.110 e. The van der Waals surface area contributed by atoms with E-state index in [9.17, 15) is 5.11 Å². The van der Waals surface area contributed by atoms with E-state index in [0.717, 1.165) is 18.7 Å². The fourth-order valence-corrected chi connectivity index (χ4v) is 1.13. The van der Waals surface area contributed by atoms with Crippen LogP contribution in [0.1, 0.15) is 25.1 Å². The lowest BCUT2D eigenvalue weighted by molar-refractivity contribution is 0.169. The summed E-state index contributed by atoms with van der Waals surface area (Å²) >= 11 is 0. The van der Waals surface area contributed by atoms with Crippen molar-refractivity contribution in [2.24, 2.45) is 7.05 Å². The van der Waals surface area contributed by atoms with Gasteiger partial charge in [-0.3, -0.25) is 4.68 Å². The first kappa shape index (κ1) is 10.2. The van der Waals surface area contributed by atoms with Crippen LogP contribution in [0.4, 0.5) is 0 Å². The maximum atomic E-state index is 9.62. The normalized spacial score (nSPS) is 13.2. The molecule has 4 heteroatoms. The summed E-state index contributed by atoms with van der Waals surface area (Å²) in [5.74, 6) is 0. The second-order valence-electron chi connectivity index (χ2n) is 3.13. The van der Waals surface area contributed by atoms with Crippen molar-refractivity contribution in [2.45, 2.75) is 19.4 Å². The molecule has 0 saturated heterocycles. The van der Waals surface area contributed by atoms with E-state index in [0.29, 0.717) is 6.54 Å². The third-order valence-electron chi connectivity index (χ3n) is 1.84. The molecule has 0 amide bonds. The van der Waals surface area contributed by atoms with Gasteiger partial charge in [0.2, 0.25) is 0 Å². The number of hydrogen-bond acceptors (Lipinski definition) is 3. The van der Waals surface area contributed by atoms with Crippen LogP contribution < -0.4 is 5.32 Å². The molecule has 0 fully saturated rings. The first-order chi connectivity index (χ1) is 6.24. The lowest BCUT2D eigenvalue weighted by Gasteiger charge is -2.08. The van der Waals surface area contributed by atoms with Gasteiger partial charge in [0.1, 0.15) is 6.10 Å². The summed E-state index contributed by atoms with van der Waals surface area (Å²) in [6.45, 7) is 3.61. The zero-order valence-electron chi connectivity index (χ0n) is 8.20. The van der Waals surface area contributed by atoms with Crippen molar-refractivity contribution in [1.29, 1.82) is 0 Å². The summed E-state index contributed by atoms with van der Waals surface area (Å²) < 4.78 is 1.69. The van der Waals surface area contributed by atoms with Gasteiger partial charge >= 0.3 is 0 Å². The Labute approximate surface area is 78.6 Å². The van der Waals surface area contributed by atoms with Crippen molar-refractivity contribution in [1.82, 2.24) is 15.1 Å². The average Bonchev–Trinajstić information content (AvgIpc) is 2.52. The molecule has 0 aliphatic rings. The molecule has 0 aromatic carbocycles. The van der Waals surface area contributed by atoms with Crippen molar-refractivity contribution in [2.75, 3.05) is 13.1 Å². The molecular weight excluding hydrogens is 166 g/mol. The van der Waals surface area contributed by atoms with E-state index in [2.05, 4.69) is 17.3 Å². The highest BCUT2D eigenvalue weighted by Gasteiger charge is 2.08. The van der Waals surface area contributed by atoms with Gasteiger partial charge in [0, 0.05) is 19.8 Å². The van der Waals surface area contributed by atoms with Gasteiger partial charge in [0.25, 0.3) is 0 Å². The number of nitrogens with zero attached hydrogens (tertiary/aromatic N) is 2. The number of hydrogen-bond donors (Lipinski definition) is 2. The van der Waals surface area contributed by atoms with Crippen molar-refractivity contribution >= 4 is 0 Å². The largest absolute Gasteiger partial charge is 0.385 e. The molecule has 0 aliphatic heterocycles. The van der Waals surface area contributed by atoms with Crippen LogP contribution in [0.3, 0.4) is 0 Å². The molecule has 13 heavy (non-hydrogen) atoms. The number of nitrogens with one attached hydrogen (secondary N) is 1. The number of aryl methyl sites for hydroxylation is 1. The van der Waals surface area contributed by atoms with E-state index in [1.165, 1.54) is 0 Å². The number of aliphatic hydroxyl groups is 1. The van der Waals surface area contributed by atoms with Crippen LogP contribution >= 0.6 is 0 Å². The molecule has 4 nitrogen and oxygen atoms in total. The van der Waals surface area contributed by atoms with Gasteiger partial charge in [-0.05, 0) is 19.0 Å². The minimum atomic E-state index is -0.493. The Bertz CT molecular complexity index is 247. The van der Waals surface area contributed by atoms with E-state index >= 15 is 0 Å². The van der Waals surface area contributed by atoms with Gasteiger partial charge in [-0.2, -0.15) is 5.10 Å². The van der Waals surface area contributed by atoms with Crippen LogP contribution in [-0.2, 0) is 7.05 Å². The summed E-state index contributed by atoms with van der Waals surface area (Å²) in [5.41, 5.74) is 0.728. The Morgan fingerprint density at radius 1 is 1.69 bits per heavy atom. The van der Waals surface area contributed by atoms with E-state index in [1.54, 1.807) is 4.68 Å². The van der Waals surface area contributed by atoms with Crippen molar-refractivity contribution in [3.05, 3.63) is 18.0 Å². The lowest BCUT2D eigenvalue weighted by Crippen LogP contribution is -2.22. The van der Waals surface area contributed by atoms with E-state index in [-0.39, 0.29) is 0 Å². The Balaban J connectivity index is 2.35. The Morgan fingerprint density at radius 2 is 2.46 bits per heavy atom. The van der Waals surface area contributed by atoms with Crippen molar-refractivity contribution < 1.29 is 5.11 Å². The van der Waals surface area contributed by atoms with E-state index in [4.69, 9.17) is 0 Å². The number of aromatic nitrogens is 2. The first-order valence-electron chi connectivity index (χ1n) is 4.62. The fourth-order valence-electron chi connectivity index (χ4n) is 1.13. The van der Waals surface area contributed by atoms with Crippen molar-refractivity contribution in [3.63, 3.8) is 0 Å². The predicted molar refractivity (Wildman–Crippen MR) is 51.3 cm³/mol. The summed E-state index contributed by atoms with van der Waals surface area (Å²) in [7, 11) is 1.84. The monoisotopic (exact) mass is 183 g/mol. The van der Waals surface area contributed by atoms with Gasteiger partial charge in [0.15, 0.2) is 0 Å². The Hall–Kier alpha value is -0.870. The molecule has 1 heterocycles. The van der Waals surface area contributed by atoms with Crippen LogP contribution in [0.5, 0.6) is 0 Å². The SMILES string of the molecule is CCCNCC(O)c1ccn(C)n1. The second-order valence-corrected chi connectivity index (χ2v) is 3.13.